The molecule has 1 fully saturated rings. The molecule has 2 heterocycles. The fourth-order valence-corrected chi connectivity index (χ4v) is 3.25. The average molecular weight is 237 g/mol. The van der Waals surface area contributed by atoms with Gasteiger partial charge < -0.3 is 0 Å². The van der Waals surface area contributed by atoms with Gasteiger partial charge in [-0.3, -0.25) is 9.69 Å². The largest absolute Gasteiger partial charge is 0.300 e. The molecule has 1 aromatic heterocycles. The van der Waals surface area contributed by atoms with Crippen LogP contribution in [0.5, 0.6) is 0 Å². The van der Waals surface area contributed by atoms with Crippen molar-refractivity contribution in [2.45, 2.75) is 38.6 Å². The molecule has 0 N–H and O–H groups in total. The van der Waals surface area contributed by atoms with Crippen LogP contribution in [-0.2, 0) is 4.79 Å². The lowest BCUT2D eigenvalue weighted by molar-refractivity contribution is -0.118. The van der Waals surface area contributed by atoms with E-state index in [0.29, 0.717) is 18.2 Å². The van der Waals surface area contributed by atoms with E-state index in [1.807, 2.05) is 0 Å². The second-order valence-corrected chi connectivity index (χ2v) is 5.51. The fraction of sp³-hybridized carbons (Fsp3) is 0.615. The first kappa shape index (κ1) is 11.8. The highest BCUT2D eigenvalue weighted by molar-refractivity contribution is 7.10. The van der Waals surface area contributed by atoms with E-state index in [0.717, 1.165) is 13.1 Å². The zero-order chi connectivity index (χ0) is 11.4. The summed E-state index contributed by atoms with van der Waals surface area (Å²) in [6.07, 6.45) is 4.56. The van der Waals surface area contributed by atoms with Gasteiger partial charge >= 0.3 is 0 Å². The monoisotopic (exact) mass is 237 g/mol. The van der Waals surface area contributed by atoms with E-state index in [4.69, 9.17) is 0 Å². The molecule has 0 saturated carbocycles. The van der Waals surface area contributed by atoms with Gasteiger partial charge in [0.25, 0.3) is 0 Å². The predicted molar refractivity (Wildman–Crippen MR) is 67.8 cm³/mol. The molecule has 1 saturated heterocycles. The maximum atomic E-state index is 11.4. The van der Waals surface area contributed by atoms with Gasteiger partial charge in [-0.1, -0.05) is 12.5 Å². The van der Waals surface area contributed by atoms with Crippen LogP contribution in [0.25, 0.3) is 0 Å². The molecule has 16 heavy (non-hydrogen) atoms. The molecule has 0 radical (unpaired) electrons. The number of hydrogen-bond donors (Lipinski definition) is 0. The molecular weight excluding hydrogens is 218 g/mol. The number of piperidine rings is 1. The number of rotatable bonds is 4. The number of Topliss-reactive ketones (excluding diaryl/α,β-unsaturated/α-hetero) is 1. The Labute approximate surface area is 101 Å². The lowest BCUT2D eigenvalue weighted by Gasteiger charge is -2.33. The minimum atomic E-state index is 0.295. The third-order valence-electron chi connectivity index (χ3n) is 3.18. The Morgan fingerprint density at radius 3 is 2.75 bits per heavy atom. The molecule has 0 spiro atoms. The van der Waals surface area contributed by atoms with Crippen molar-refractivity contribution in [2.75, 3.05) is 13.1 Å². The van der Waals surface area contributed by atoms with Crippen molar-refractivity contribution in [1.29, 1.82) is 0 Å². The summed E-state index contributed by atoms with van der Waals surface area (Å²) in [5.41, 5.74) is 0. The molecule has 2 rings (SSSR count). The Bertz CT molecular complexity index is 328. The first-order chi connectivity index (χ1) is 7.77. The molecule has 3 heteroatoms. The second-order valence-electron chi connectivity index (χ2n) is 4.53. The Morgan fingerprint density at radius 1 is 1.44 bits per heavy atom. The SMILES string of the molecule is CC(=O)CC(c1cccs1)N1CCCCC1. The van der Waals surface area contributed by atoms with Crippen LogP contribution in [0.3, 0.4) is 0 Å². The smallest absolute Gasteiger partial charge is 0.131 e. The first-order valence-electron chi connectivity index (χ1n) is 6.04. The van der Waals surface area contributed by atoms with E-state index in [2.05, 4.69) is 22.4 Å². The third kappa shape index (κ3) is 2.92. The molecule has 88 valence electrons. The topological polar surface area (TPSA) is 20.3 Å². The Balaban J connectivity index is 2.10. The molecule has 1 aliphatic rings. The van der Waals surface area contributed by atoms with Crippen LogP contribution in [-0.4, -0.2) is 23.8 Å². The van der Waals surface area contributed by atoms with Gasteiger partial charge in [0.05, 0.1) is 6.04 Å². The highest BCUT2D eigenvalue weighted by Gasteiger charge is 2.23. The van der Waals surface area contributed by atoms with E-state index in [1.165, 1.54) is 24.1 Å². The Hall–Kier alpha value is -0.670. The standard InChI is InChI=1S/C13H19NOS/c1-11(15)10-12(13-6-5-9-16-13)14-7-3-2-4-8-14/h5-6,9,12H,2-4,7-8,10H2,1H3. The molecule has 1 aliphatic heterocycles. The zero-order valence-corrected chi connectivity index (χ0v) is 10.6. The maximum absolute atomic E-state index is 11.4. The second kappa shape index (κ2) is 5.60. The lowest BCUT2D eigenvalue weighted by Crippen LogP contribution is -2.34. The van der Waals surface area contributed by atoms with Crippen LogP contribution in [0.1, 0.15) is 43.5 Å². The normalized spacial score (nSPS) is 19.6. The average Bonchev–Trinajstić information content (AvgIpc) is 2.80. The molecule has 0 bridgehead atoms. The third-order valence-corrected chi connectivity index (χ3v) is 4.16. The quantitative estimate of drug-likeness (QED) is 0.801. The summed E-state index contributed by atoms with van der Waals surface area (Å²) < 4.78 is 0. The molecule has 0 aromatic carbocycles. The van der Waals surface area contributed by atoms with Crippen LogP contribution in [0.2, 0.25) is 0 Å². The van der Waals surface area contributed by atoms with Crippen molar-refractivity contribution < 1.29 is 4.79 Å². The van der Waals surface area contributed by atoms with Gasteiger partial charge in [0.2, 0.25) is 0 Å². The summed E-state index contributed by atoms with van der Waals surface area (Å²) in [6.45, 7) is 4.00. The summed E-state index contributed by atoms with van der Waals surface area (Å²) in [6, 6.07) is 4.57. The summed E-state index contributed by atoms with van der Waals surface area (Å²) in [7, 11) is 0. The summed E-state index contributed by atoms with van der Waals surface area (Å²) in [5, 5.41) is 2.10. The fourth-order valence-electron chi connectivity index (χ4n) is 2.39. The van der Waals surface area contributed by atoms with Crippen molar-refractivity contribution in [3.63, 3.8) is 0 Å². The molecular formula is C13H19NOS. The highest BCUT2D eigenvalue weighted by Crippen LogP contribution is 2.30. The minimum absolute atomic E-state index is 0.295. The van der Waals surface area contributed by atoms with Crippen molar-refractivity contribution in [3.8, 4) is 0 Å². The molecule has 1 unspecified atom stereocenters. The molecule has 0 amide bonds. The zero-order valence-electron chi connectivity index (χ0n) is 9.82. The number of ketones is 1. The minimum Gasteiger partial charge on any atom is -0.300 e. The summed E-state index contributed by atoms with van der Waals surface area (Å²) in [4.78, 5) is 15.2. The summed E-state index contributed by atoms with van der Waals surface area (Å²) >= 11 is 1.77. The number of carbonyl (C=O) groups excluding carboxylic acids is 1. The van der Waals surface area contributed by atoms with Gasteiger partial charge in [0.15, 0.2) is 0 Å². The van der Waals surface area contributed by atoms with Crippen LogP contribution in [0.15, 0.2) is 17.5 Å². The lowest BCUT2D eigenvalue weighted by atomic mass is 10.0. The van der Waals surface area contributed by atoms with Crippen molar-refractivity contribution in [1.82, 2.24) is 4.90 Å². The molecule has 0 aliphatic carbocycles. The van der Waals surface area contributed by atoms with Gasteiger partial charge in [0.1, 0.15) is 5.78 Å². The van der Waals surface area contributed by atoms with E-state index in [9.17, 15) is 4.79 Å². The van der Waals surface area contributed by atoms with Gasteiger partial charge in [-0.2, -0.15) is 0 Å². The van der Waals surface area contributed by atoms with E-state index >= 15 is 0 Å². The number of likely N-dealkylation sites (tertiary alicyclic amines) is 1. The Kier molecular flexibility index (Phi) is 4.13. The van der Waals surface area contributed by atoms with Gasteiger partial charge in [0, 0.05) is 11.3 Å². The number of nitrogens with zero attached hydrogens (tertiary/aromatic N) is 1. The number of hydrogen-bond acceptors (Lipinski definition) is 3. The van der Waals surface area contributed by atoms with E-state index < -0.39 is 0 Å². The van der Waals surface area contributed by atoms with Gasteiger partial charge in [-0.15, -0.1) is 11.3 Å². The van der Waals surface area contributed by atoms with Crippen LogP contribution >= 0.6 is 11.3 Å². The van der Waals surface area contributed by atoms with E-state index in [1.54, 1.807) is 18.3 Å². The summed E-state index contributed by atoms with van der Waals surface area (Å²) in [5.74, 6) is 0.295. The van der Waals surface area contributed by atoms with Crippen molar-refractivity contribution in [3.05, 3.63) is 22.4 Å². The van der Waals surface area contributed by atoms with Gasteiger partial charge in [-0.05, 0) is 44.3 Å². The molecule has 2 nitrogen and oxygen atoms in total. The molecule has 1 atom stereocenters. The van der Waals surface area contributed by atoms with Gasteiger partial charge in [-0.25, -0.2) is 0 Å². The van der Waals surface area contributed by atoms with Crippen molar-refractivity contribution in [2.24, 2.45) is 0 Å². The maximum Gasteiger partial charge on any atom is 0.131 e. The molecule has 1 aromatic rings. The van der Waals surface area contributed by atoms with Crippen LogP contribution in [0, 0.1) is 0 Å². The number of thiophene rings is 1. The van der Waals surface area contributed by atoms with E-state index in [-0.39, 0.29) is 0 Å². The van der Waals surface area contributed by atoms with Crippen molar-refractivity contribution >= 4 is 17.1 Å². The Morgan fingerprint density at radius 2 is 2.19 bits per heavy atom. The predicted octanol–water partition coefficient (Wildman–Crippen LogP) is 3.25. The van der Waals surface area contributed by atoms with Crippen LogP contribution in [0.4, 0.5) is 0 Å². The van der Waals surface area contributed by atoms with Crippen LogP contribution < -0.4 is 0 Å². The number of carbonyl (C=O) groups is 1. The first-order valence-corrected chi connectivity index (χ1v) is 6.92. The highest BCUT2D eigenvalue weighted by atomic mass is 32.1.